The van der Waals surface area contributed by atoms with E-state index in [1.54, 1.807) is 18.3 Å². The van der Waals surface area contributed by atoms with Gasteiger partial charge < -0.3 is 5.32 Å². The van der Waals surface area contributed by atoms with Gasteiger partial charge in [-0.3, -0.25) is 39.1 Å². The summed E-state index contributed by atoms with van der Waals surface area (Å²) in [5.41, 5.74) is 4.89. The maximum absolute atomic E-state index is 13.1. The number of amides is 4. The van der Waals surface area contributed by atoms with Crippen LogP contribution < -0.4 is 10.6 Å². The van der Waals surface area contributed by atoms with Gasteiger partial charge >= 0.3 is 0 Å². The van der Waals surface area contributed by atoms with Gasteiger partial charge in [0.15, 0.2) is 0 Å². The maximum Gasteiger partial charge on any atom is 0.262 e. The SMILES string of the molecule is O=C1CCC(N2C(=O)c3ccc(NC4CCC(CCn5cc(-c6cnc7ccccc7n6)cn5)CC4)cc3C2=O)C(=O)N1. The van der Waals surface area contributed by atoms with E-state index < -0.39 is 23.8 Å². The van der Waals surface area contributed by atoms with Crippen LogP contribution in [0.4, 0.5) is 5.69 Å². The van der Waals surface area contributed by atoms with E-state index in [2.05, 4.69) is 20.7 Å². The third-order valence-electron chi connectivity index (χ3n) is 8.80. The van der Waals surface area contributed by atoms with Crippen molar-refractivity contribution in [1.29, 1.82) is 0 Å². The number of fused-ring (bicyclic) bond motifs is 2. The number of piperidine rings is 1. The van der Waals surface area contributed by atoms with Crippen LogP contribution in [0.25, 0.3) is 22.3 Å². The second-order valence-electron chi connectivity index (χ2n) is 11.6. The lowest BCUT2D eigenvalue weighted by molar-refractivity contribution is -0.136. The Labute approximate surface area is 247 Å². The fourth-order valence-corrected chi connectivity index (χ4v) is 6.42. The largest absolute Gasteiger partial charge is 0.382 e. The van der Waals surface area contributed by atoms with Crippen LogP contribution in [-0.2, 0) is 16.1 Å². The number of para-hydroxylation sites is 2. The predicted molar refractivity (Wildman–Crippen MR) is 158 cm³/mol. The van der Waals surface area contributed by atoms with Gasteiger partial charge in [0.05, 0.1) is 40.2 Å². The van der Waals surface area contributed by atoms with E-state index >= 15 is 0 Å². The van der Waals surface area contributed by atoms with Gasteiger partial charge in [0.1, 0.15) is 6.04 Å². The van der Waals surface area contributed by atoms with Crippen LogP contribution in [0.5, 0.6) is 0 Å². The second-order valence-corrected chi connectivity index (χ2v) is 11.6. The van der Waals surface area contributed by atoms with Gasteiger partial charge in [-0.1, -0.05) is 12.1 Å². The summed E-state index contributed by atoms with van der Waals surface area (Å²) in [5, 5.41) is 10.3. The molecule has 43 heavy (non-hydrogen) atoms. The highest BCUT2D eigenvalue weighted by molar-refractivity contribution is 6.23. The number of nitrogens with one attached hydrogen (secondary N) is 2. The molecule has 1 saturated heterocycles. The minimum atomic E-state index is -0.961. The standard InChI is InChI=1S/C32H31N7O4/c40-29-12-11-28(30(41)37-29)39-31(42)23-10-9-22(15-24(23)32(39)43)35-21-7-5-19(6-8-21)13-14-38-18-20(16-34-38)27-17-33-25-3-1-2-4-26(25)36-27/h1-4,9-10,15-19,21,28,35H,5-8,11-14H2,(H,37,40,41). The van der Waals surface area contributed by atoms with Crippen molar-refractivity contribution in [3.63, 3.8) is 0 Å². The quantitative estimate of drug-likeness (QED) is 0.315. The number of hydrogen-bond acceptors (Lipinski definition) is 8. The number of hydrogen-bond donors (Lipinski definition) is 2. The van der Waals surface area contributed by atoms with Crippen LogP contribution in [-0.4, -0.2) is 60.4 Å². The summed E-state index contributed by atoms with van der Waals surface area (Å²) in [5.74, 6) is -1.37. The topological polar surface area (TPSA) is 139 Å². The van der Waals surface area contributed by atoms with E-state index in [4.69, 9.17) is 4.98 Å². The summed E-state index contributed by atoms with van der Waals surface area (Å²) >= 11 is 0. The minimum Gasteiger partial charge on any atom is -0.382 e. The molecule has 2 N–H and O–H groups in total. The minimum absolute atomic E-state index is 0.1000. The van der Waals surface area contributed by atoms with E-state index in [0.717, 1.165) is 71.5 Å². The number of aryl methyl sites for hydroxylation is 1. The zero-order chi connectivity index (χ0) is 29.5. The number of rotatable bonds is 7. The number of carbonyl (C=O) groups is 4. The Morgan fingerprint density at radius 1 is 0.884 bits per heavy atom. The molecule has 2 aromatic heterocycles. The molecular weight excluding hydrogens is 546 g/mol. The highest BCUT2D eigenvalue weighted by atomic mass is 16.2. The van der Waals surface area contributed by atoms with Crippen molar-refractivity contribution in [2.24, 2.45) is 5.92 Å². The Balaban J connectivity index is 0.919. The zero-order valence-corrected chi connectivity index (χ0v) is 23.5. The number of benzene rings is 2. The van der Waals surface area contributed by atoms with Gasteiger partial charge in [0, 0.05) is 36.5 Å². The van der Waals surface area contributed by atoms with Crippen molar-refractivity contribution in [1.82, 2.24) is 30.0 Å². The highest BCUT2D eigenvalue weighted by Gasteiger charge is 2.44. The van der Waals surface area contributed by atoms with Gasteiger partial charge in [-0.05, 0) is 74.8 Å². The molecule has 3 aliphatic rings. The lowest BCUT2D eigenvalue weighted by atomic mass is 9.84. The molecule has 4 heterocycles. The number of carbonyl (C=O) groups excluding carboxylic acids is 4. The molecule has 0 spiro atoms. The monoisotopic (exact) mass is 577 g/mol. The molecule has 11 heteroatoms. The van der Waals surface area contributed by atoms with Crippen LogP contribution in [0.3, 0.4) is 0 Å². The first kappa shape index (κ1) is 26.9. The Bertz CT molecular complexity index is 1760. The smallest absolute Gasteiger partial charge is 0.262 e. The predicted octanol–water partition coefficient (Wildman–Crippen LogP) is 3.96. The van der Waals surface area contributed by atoms with E-state index in [0.29, 0.717) is 17.0 Å². The molecule has 218 valence electrons. The van der Waals surface area contributed by atoms with Crippen LogP contribution in [0.2, 0.25) is 0 Å². The molecule has 0 radical (unpaired) electrons. The van der Waals surface area contributed by atoms with Gasteiger partial charge in [-0.25, -0.2) is 4.98 Å². The summed E-state index contributed by atoms with van der Waals surface area (Å²) in [4.78, 5) is 60.2. The number of nitrogens with zero attached hydrogens (tertiary/aromatic N) is 5. The summed E-state index contributed by atoms with van der Waals surface area (Å²) < 4.78 is 1.98. The summed E-state index contributed by atoms with van der Waals surface area (Å²) in [6, 6.07) is 12.3. The molecule has 11 nitrogen and oxygen atoms in total. The first-order chi connectivity index (χ1) is 20.9. The maximum atomic E-state index is 13.1. The van der Waals surface area contributed by atoms with Crippen LogP contribution in [0, 0.1) is 5.92 Å². The van der Waals surface area contributed by atoms with E-state index in [1.807, 2.05) is 47.4 Å². The van der Waals surface area contributed by atoms with Crippen molar-refractivity contribution in [3.8, 4) is 11.3 Å². The summed E-state index contributed by atoms with van der Waals surface area (Å²) in [7, 11) is 0. The summed E-state index contributed by atoms with van der Waals surface area (Å²) in [6.45, 7) is 0.842. The molecule has 1 aliphatic carbocycles. The molecule has 2 aromatic carbocycles. The van der Waals surface area contributed by atoms with Crippen molar-refractivity contribution < 1.29 is 19.2 Å². The molecule has 7 rings (SSSR count). The van der Waals surface area contributed by atoms with Gasteiger partial charge in [0.25, 0.3) is 11.8 Å². The van der Waals surface area contributed by atoms with Crippen molar-refractivity contribution in [2.45, 2.75) is 63.6 Å². The molecule has 0 bridgehead atoms. The Morgan fingerprint density at radius 2 is 1.67 bits per heavy atom. The molecule has 4 amide bonds. The van der Waals surface area contributed by atoms with E-state index in [1.165, 1.54) is 0 Å². The normalized spacial score (nSPS) is 22.1. The molecule has 2 fully saturated rings. The Hall–Kier alpha value is -4.93. The van der Waals surface area contributed by atoms with E-state index in [9.17, 15) is 19.2 Å². The third-order valence-corrected chi connectivity index (χ3v) is 8.80. The molecule has 2 aliphatic heterocycles. The molecule has 1 unspecified atom stereocenters. The fraction of sp³-hybridized carbons (Fsp3) is 0.344. The van der Waals surface area contributed by atoms with Crippen LogP contribution in [0.1, 0.15) is 65.7 Å². The zero-order valence-electron chi connectivity index (χ0n) is 23.5. The second kappa shape index (κ2) is 11.0. The average Bonchev–Trinajstić information content (AvgIpc) is 3.59. The lowest BCUT2D eigenvalue weighted by Gasteiger charge is -2.30. The number of anilines is 1. The van der Waals surface area contributed by atoms with Crippen LogP contribution in [0.15, 0.2) is 61.1 Å². The lowest BCUT2D eigenvalue weighted by Crippen LogP contribution is -2.54. The average molecular weight is 578 g/mol. The first-order valence-electron chi connectivity index (χ1n) is 14.8. The van der Waals surface area contributed by atoms with Crippen molar-refractivity contribution >= 4 is 40.3 Å². The number of aromatic nitrogens is 4. The van der Waals surface area contributed by atoms with Gasteiger partial charge in [-0.15, -0.1) is 0 Å². The van der Waals surface area contributed by atoms with Gasteiger partial charge in [-0.2, -0.15) is 5.10 Å². The van der Waals surface area contributed by atoms with Crippen molar-refractivity contribution in [2.75, 3.05) is 5.32 Å². The Kier molecular flexibility index (Phi) is 6.92. The van der Waals surface area contributed by atoms with Gasteiger partial charge in [0.2, 0.25) is 11.8 Å². The number of imide groups is 2. The molecular formula is C32H31N7O4. The first-order valence-corrected chi connectivity index (χ1v) is 14.8. The fourth-order valence-electron chi connectivity index (χ4n) is 6.42. The highest BCUT2D eigenvalue weighted by Crippen LogP contribution is 2.32. The van der Waals surface area contributed by atoms with Crippen LogP contribution >= 0.6 is 0 Å². The molecule has 4 aromatic rings. The molecule has 1 atom stereocenters. The Morgan fingerprint density at radius 3 is 2.49 bits per heavy atom. The van der Waals surface area contributed by atoms with E-state index in [-0.39, 0.29) is 24.8 Å². The third kappa shape index (κ3) is 5.26. The summed E-state index contributed by atoms with van der Waals surface area (Å²) in [6.07, 6.45) is 11.2. The molecule has 1 saturated carbocycles. The van der Waals surface area contributed by atoms with Crippen molar-refractivity contribution in [3.05, 3.63) is 72.2 Å².